The lowest BCUT2D eigenvalue weighted by molar-refractivity contribution is -0.144. The molecule has 1 aromatic heterocycles. The van der Waals surface area contributed by atoms with Gasteiger partial charge >= 0.3 is 5.97 Å². The number of rotatable bonds is 6. The third-order valence-corrected chi connectivity index (χ3v) is 3.72. The fraction of sp³-hybridized carbons (Fsp3) is 0.188. The van der Waals surface area contributed by atoms with Crippen molar-refractivity contribution in [3.05, 3.63) is 57.8 Å². The molecular formula is C16H13NO3S. The number of Topliss-reactive ketones (excluding diaryl/α,β-unsaturated/α-hetero) is 1. The van der Waals surface area contributed by atoms with Crippen LogP contribution >= 0.6 is 11.3 Å². The highest BCUT2D eigenvalue weighted by atomic mass is 32.1. The van der Waals surface area contributed by atoms with Crippen LogP contribution in [0.15, 0.2) is 41.8 Å². The van der Waals surface area contributed by atoms with Gasteiger partial charge in [-0.15, -0.1) is 11.3 Å². The number of benzene rings is 1. The molecule has 2 rings (SSSR count). The van der Waals surface area contributed by atoms with E-state index in [1.807, 2.05) is 11.4 Å². The van der Waals surface area contributed by atoms with Crippen molar-refractivity contribution in [2.75, 3.05) is 0 Å². The van der Waals surface area contributed by atoms with E-state index in [1.54, 1.807) is 36.4 Å². The van der Waals surface area contributed by atoms with Crippen molar-refractivity contribution in [1.82, 2.24) is 0 Å². The molecule has 0 aliphatic carbocycles. The highest BCUT2D eigenvalue weighted by Gasteiger charge is 2.11. The van der Waals surface area contributed by atoms with Crippen LogP contribution in [-0.2, 0) is 16.1 Å². The second-order valence-electron chi connectivity index (χ2n) is 4.37. The summed E-state index contributed by atoms with van der Waals surface area (Å²) in [6, 6.07) is 12.4. The molecule has 1 heterocycles. The number of nitriles is 1. The van der Waals surface area contributed by atoms with Gasteiger partial charge in [0.25, 0.3) is 0 Å². The van der Waals surface area contributed by atoms with Crippen molar-refractivity contribution in [2.24, 2.45) is 0 Å². The Labute approximate surface area is 126 Å². The van der Waals surface area contributed by atoms with E-state index < -0.39 is 5.97 Å². The molecule has 0 bridgehead atoms. The first-order valence-corrected chi connectivity index (χ1v) is 7.28. The van der Waals surface area contributed by atoms with Gasteiger partial charge in [0.15, 0.2) is 5.78 Å². The molecule has 0 unspecified atom stereocenters. The SMILES string of the molecule is N#Cc1cccc(COC(=O)CCC(=O)c2cccs2)c1. The minimum atomic E-state index is -0.415. The molecule has 0 saturated heterocycles. The van der Waals surface area contributed by atoms with Crippen LogP contribution in [0, 0.1) is 11.3 Å². The summed E-state index contributed by atoms with van der Waals surface area (Å²) in [7, 11) is 0. The van der Waals surface area contributed by atoms with Gasteiger partial charge in [-0.05, 0) is 29.1 Å². The number of esters is 1. The molecule has 0 aliphatic heterocycles. The molecule has 0 atom stereocenters. The van der Waals surface area contributed by atoms with E-state index in [2.05, 4.69) is 0 Å². The summed E-state index contributed by atoms with van der Waals surface area (Å²) in [6.45, 7) is 0.113. The first-order chi connectivity index (χ1) is 10.2. The molecular weight excluding hydrogens is 286 g/mol. The van der Waals surface area contributed by atoms with E-state index in [0.29, 0.717) is 10.4 Å². The van der Waals surface area contributed by atoms with Gasteiger partial charge in [-0.2, -0.15) is 5.26 Å². The molecule has 0 radical (unpaired) electrons. The Bertz CT molecular complexity index is 671. The third-order valence-electron chi connectivity index (χ3n) is 2.81. The maximum Gasteiger partial charge on any atom is 0.306 e. The molecule has 5 heteroatoms. The number of hydrogen-bond acceptors (Lipinski definition) is 5. The summed E-state index contributed by atoms with van der Waals surface area (Å²) >= 11 is 1.36. The number of thiophene rings is 1. The van der Waals surface area contributed by atoms with Crippen molar-refractivity contribution >= 4 is 23.1 Å². The maximum atomic E-state index is 11.7. The van der Waals surface area contributed by atoms with Crippen molar-refractivity contribution in [1.29, 1.82) is 5.26 Å². The van der Waals surface area contributed by atoms with Crippen LogP contribution in [0.1, 0.15) is 33.6 Å². The second-order valence-corrected chi connectivity index (χ2v) is 5.32. The Kier molecular flexibility index (Phi) is 5.24. The molecule has 1 aromatic carbocycles. The number of carbonyl (C=O) groups is 2. The van der Waals surface area contributed by atoms with Gasteiger partial charge < -0.3 is 4.74 Å². The van der Waals surface area contributed by atoms with Gasteiger partial charge in [-0.1, -0.05) is 18.2 Å². The standard InChI is InChI=1S/C16H13NO3S/c17-10-12-3-1-4-13(9-12)11-20-16(19)7-6-14(18)15-5-2-8-21-15/h1-5,8-9H,6-7,11H2. The van der Waals surface area contributed by atoms with Gasteiger partial charge in [0.05, 0.1) is 22.9 Å². The van der Waals surface area contributed by atoms with Gasteiger partial charge in [-0.3, -0.25) is 9.59 Å². The quantitative estimate of drug-likeness (QED) is 0.606. The minimum absolute atomic E-state index is 0.0478. The molecule has 0 amide bonds. The molecule has 106 valence electrons. The maximum absolute atomic E-state index is 11.7. The zero-order valence-electron chi connectivity index (χ0n) is 11.2. The van der Waals surface area contributed by atoms with E-state index in [1.165, 1.54) is 11.3 Å². The summed E-state index contributed by atoms with van der Waals surface area (Å²) < 4.78 is 5.10. The molecule has 2 aromatic rings. The van der Waals surface area contributed by atoms with Gasteiger partial charge in [0, 0.05) is 6.42 Å². The van der Waals surface area contributed by atoms with Gasteiger partial charge in [0.1, 0.15) is 6.61 Å². The Morgan fingerprint density at radius 3 is 2.76 bits per heavy atom. The minimum Gasteiger partial charge on any atom is -0.461 e. The van der Waals surface area contributed by atoms with Crippen molar-refractivity contribution in [3.63, 3.8) is 0 Å². The number of nitrogens with zero attached hydrogens (tertiary/aromatic N) is 1. The fourth-order valence-corrected chi connectivity index (χ4v) is 2.44. The molecule has 0 aliphatic rings. The Morgan fingerprint density at radius 1 is 1.19 bits per heavy atom. The summed E-state index contributed by atoms with van der Waals surface area (Å²) in [6.07, 6.45) is 0.215. The lowest BCUT2D eigenvalue weighted by Crippen LogP contribution is -2.07. The number of hydrogen-bond donors (Lipinski definition) is 0. The third kappa shape index (κ3) is 4.55. The summed E-state index contributed by atoms with van der Waals surface area (Å²) in [5.41, 5.74) is 1.28. The van der Waals surface area contributed by atoms with Crippen LogP contribution < -0.4 is 0 Å². The molecule has 4 nitrogen and oxygen atoms in total. The second kappa shape index (κ2) is 7.36. The van der Waals surface area contributed by atoms with Crippen LogP contribution in [0.25, 0.3) is 0 Å². The van der Waals surface area contributed by atoms with Crippen LogP contribution in [0.4, 0.5) is 0 Å². The predicted octanol–water partition coefficient (Wildman–Crippen LogP) is 3.33. The fourth-order valence-electron chi connectivity index (χ4n) is 1.74. The Morgan fingerprint density at radius 2 is 2.05 bits per heavy atom. The molecule has 0 saturated carbocycles. The van der Waals surface area contributed by atoms with Gasteiger partial charge in [-0.25, -0.2) is 0 Å². The number of carbonyl (C=O) groups excluding carboxylic acids is 2. The summed E-state index contributed by atoms with van der Waals surface area (Å²) in [5.74, 6) is -0.462. The average Bonchev–Trinajstić information content (AvgIpc) is 3.05. The van der Waals surface area contributed by atoms with E-state index in [9.17, 15) is 9.59 Å². The van der Waals surface area contributed by atoms with Gasteiger partial charge in [0.2, 0.25) is 0 Å². The van der Waals surface area contributed by atoms with Crippen LogP contribution in [0.5, 0.6) is 0 Å². The molecule has 0 N–H and O–H groups in total. The zero-order valence-corrected chi connectivity index (χ0v) is 12.1. The first kappa shape index (κ1) is 14.9. The van der Waals surface area contributed by atoms with Crippen LogP contribution in [0.2, 0.25) is 0 Å². The zero-order chi connectivity index (χ0) is 15.1. The van der Waals surface area contributed by atoms with Crippen molar-refractivity contribution in [3.8, 4) is 6.07 Å². The predicted molar refractivity (Wildman–Crippen MR) is 78.8 cm³/mol. The lowest BCUT2D eigenvalue weighted by atomic mass is 10.1. The molecule has 21 heavy (non-hydrogen) atoms. The van der Waals surface area contributed by atoms with E-state index >= 15 is 0 Å². The van der Waals surface area contributed by atoms with E-state index in [4.69, 9.17) is 10.00 Å². The topological polar surface area (TPSA) is 67.2 Å². The number of ketones is 1. The molecule has 0 spiro atoms. The van der Waals surface area contributed by atoms with Crippen LogP contribution in [0.3, 0.4) is 0 Å². The first-order valence-electron chi connectivity index (χ1n) is 6.40. The van der Waals surface area contributed by atoms with E-state index in [0.717, 1.165) is 5.56 Å². The normalized spacial score (nSPS) is 9.86. The van der Waals surface area contributed by atoms with E-state index in [-0.39, 0.29) is 25.2 Å². The average molecular weight is 299 g/mol. The lowest BCUT2D eigenvalue weighted by Gasteiger charge is -2.04. The Balaban J connectivity index is 1.77. The van der Waals surface area contributed by atoms with Crippen LogP contribution in [-0.4, -0.2) is 11.8 Å². The molecule has 0 fully saturated rings. The smallest absolute Gasteiger partial charge is 0.306 e. The Hall–Kier alpha value is -2.45. The summed E-state index contributed by atoms with van der Waals surface area (Å²) in [5, 5.41) is 10.6. The van der Waals surface area contributed by atoms with Crippen molar-refractivity contribution < 1.29 is 14.3 Å². The highest BCUT2D eigenvalue weighted by molar-refractivity contribution is 7.12. The number of ether oxygens (including phenoxy) is 1. The largest absolute Gasteiger partial charge is 0.461 e. The monoisotopic (exact) mass is 299 g/mol. The highest BCUT2D eigenvalue weighted by Crippen LogP contribution is 2.13. The summed E-state index contributed by atoms with van der Waals surface area (Å²) in [4.78, 5) is 24.0. The van der Waals surface area contributed by atoms with Crippen molar-refractivity contribution in [2.45, 2.75) is 19.4 Å².